The van der Waals surface area contributed by atoms with Crippen molar-refractivity contribution < 1.29 is 19.1 Å². The molecule has 210 valence electrons. The molecule has 0 aliphatic carbocycles. The van der Waals surface area contributed by atoms with E-state index in [0.29, 0.717) is 0 Å². The number of rotatable bonds is 22. The van der Waals surface area contributed by atoms with Crippen LogP contribution in [0.15, 0.2) is 0 Å². The lowest BCUT2D eigenvalue weighted by Crippen LogP contribution is -2.28. The second-order valence-electron chi connectivity index (χ2n) is 10.8. The Labute approximate surface area is 218 Å². The molecule has 0 aromatic carbocycles. The van der Waals surface area contributed by atoms with E-state index in [2.05, 4.69) is 5.32 Å². The van der Waals surface area contributed by atoms with Crippen molar-refractivity contribution in [2.45, 2.75) is 168 Å². The molecule has 0 heterocycles. The molecule has 0 aliphatic heterocycles. The molecule has 0 radical (unpaired) electrons. The van der Waals surface area contributed by atoms with Crippen LogP contribution in [0, 0.1) is 0 Å². The van der Waals surface area contributed by atoms with Crippen LogP contribution >= 0.6 is 0 Å². The van der Waals surface area contributed by atoms with Gasteiger partial charge in [0.25, 0.3) is 0 Å². The van der Waals surface area contributed by atoms with Gasteiger partial charge in [0.15, 0.2) is 0 Å². The fourth-order valence-electron chi connectivity index (χ4n) is 3.50. The van der Waals surface area contributed by atoms with Gasteiger partial charge in [0.1, 0.15) is 12.4 Å². The number of alkyl carbamates (subject to hydrolysis) is 1. The van der Waals surface area contributed by atoms with Gasteiger partial charge in [-0.2, -0.15) is 0 Å². The Balaban J connectivity index is 0. The zero-order chi connectivity index (χ0) is 26.6. The minimum atomic E-state index is -0.273. The summed E-state index contributed by atoms with van der Waals surface area (Å²) in [5, 5.41) is 2.83. The molecule has 0 saturated carbocycles. The Morgan fingerprint density at radius 1 is 0.743 bits per heavy atom. The van der Waals surface area contributed by atoms with Crippen molar-refractivity contribution in [3.05, 3.63) is 0 Å². The molecular weight excluding hydrogens is 438 g/mol. The summed E-state index contributed by atoms with van der Waals surface area (Å²) in [6.07, 6.45) is 24.6. The third kappa shape index (κ3) is 35.1. The number of amides is 1. The van der Waals surface area contributed by atoms with E-state index < -0.39 is 0 Å². The van der Waals surface area contributed by atoms with Gasteiger partial charge in [0.05, 0.1) is 5.60 Å². The normalized spacial score (nSPS) is 11.9. The third-order valence-electron chi connectivity index (χ3n) is 6.26. The molecule has 0 saturated heterocycles. The quantitative estimate of drug-likeness (QED) is 0.119. The lowest BCUT2D eigenvalue weighted by atomic mass is 10.0. The first-order valence-corrected chi connectivity index (χ1v) is 14.7. The van der Waals surface area contributed by atoms with Crippen molar-refractivity contribution in [2.24, 2.45) is 0 Å². The summed E-state index contributed by atoms with van der Waals surface area (Å²) in [5.74, 6) is 0. The molecule has 0 bridgehead atoms. The van der Waals surface area contributed by atoms with Gasteiger partial charge in [0, 0.05) is 20.1 Å². The number of hydrogen-bond acceptors (Lipinski definition) is 4. The molecule has 1 atom stereocenters. The maximum atomic E-state index is 11.5. The minimum Gasteiger partial charge on any atom is -0.447 e. The first-order valence-electron chi connectivity index (χ1n) is 14.7. The fraction of sp³-hybridized carbons (Fsp3) is 0.933. The van der Waals surface area contributed by atoms with Crippen LogP contribution in [0.25, 0.3) is 0 Å². The van der Waals surface area contributed by atoms with Gasteiger partial charge in [-0.05, 0) is 47.0 Å². The van der Waals surface area contributed by atoms with E-state index in [-0.39, 0.29) is 17.8 Å². The Morgan fingerprint density at radius 2 is 1.09 bits per heavy atom. The van der Waals surface area contributed by atoms with E-state index in [4.69, 9.17) is 9.47 Å². The zero-order valence-corrected chi connectivity index (χ0v) is 24.4. The fourth-order valence-corrected chi connectivity index (χ4v) is 3.50. The first kappa shape index (κ1) is 36.1. The van der Waals surface area contributed by atoms with Crippen LogP contribution in [0.1, 0.15) is 157 Å². The molecule has 5 nitrogen and oxygen atoms in total. The van der Waals surface area contributed by atoms with E-state index in [1.165, 1.54) is 96.3 Å². The molecule has 1 amide bonds. The number of methoxy groups -OCH3 is 1. The second-order valence-corrected chi connectivity index (χ2v) is 10.8. The van der Waals surface area contributed by atoms with E-state index in [1.54, 1.807) is 7.11 Å². The summed E-state index contributed by atoms with van der Waals surface area (Å²) in [5.41, 5.74) is 0.0417. The molecule has 0 spiro atoms. The Bertz CT molecular complexity index is 448. The predicted octanol–water partition coefficient (Wildman–Crippen LogP) is 9.16. The van der Waals surface area contributed by atoms with Crippen LogP contribution in [-0.4, -0.2) is 37.7 Å². The van der Waals surface area contributed by atoms with Gasteiger partial charge < -0.3 is 19.6 Å². The highest BCUT2D eigenvalue weighted by Gasteiger charge is 2.06. The van der Waals surface area contributed by atoms with Crippen molar-refractivity contribution in [2.75, 3.05) is 13.7 Å². The maximum absolute atomic E-state index is 11.5. The topological polar surface area (TPSA) is 64.6 Å². The van der Waals surface area contributed by atoms with E-state index in [1.807, 2.05) is 34.6 Å². The molecule has 1 unspecified atom stereocenters. The number of carbonyl (C=O) groups is 2. The van der Waals surface area contributed by atoms with Crippen molar-refractivity contribution in [3.63, 3.8) is 0 Å². The number of aldehydes is 1. The number of hydrogen-bond donors (Lipinski definition) is 1. The standard InChI is InChI=1S/C25H49NO3.C5H12O/c1-3-24(2)29-25(28)26-22-20-18-16-14-12-10-8-6-4-5-7-9-11-13-15-17-19-21-23-27;1-5(2,3)6-4/h23-24H,3-22H2,1-2H3,(H,26,28);1-4H3. The highest BCUT2D eigenvalue weighted by Crippen LogP contribution is 2.14. The molecule has 0 aliphatic rings. The van der Waals surface area contributed by atoms with E-state index in [9.17, 15) is 9.59 Å². The summed E-state index contributed by atoms with van der Waals surface area (Å²) in [7, 11) is 1.71. The maximum Gasteiger partial charge on any atom is 0.407 e. The summed E-state index contributed by atoms with van der Waals surface area (Å²) in [4.78, 5) is 21.7. The largest absolute Gasteiger partial charge is 0.447 e. The monoisotopic (exact) mass is 499 g/mol. The van der Waals surface area contributed by atoms with Gasteiger partial charge in [0.2, 0.25) is 0 Å². The highest BCUT2D eigenvalue weighted by atomic mass is 16.6. The number of unbranched alkanes of at least 4 members (excludes halogenated alkanes) is 17. The second kappa shape index (κ2) is 27.5. The third-order valence-corrected chi connectivity index (χ3v) is 6.26. The van der Waals surface area contributed by atoms with Crippen molar-refractivity contribution >= 4 is 12.4 Å². The van der Waals surface area contributed by atoms with Crippen molar-refractivity contribution in [3.8, 4) is 0 Å². The smallest absolute Gasteiger partial charge is 0.407 e. The SMILES string of the molecule is CCC(C)OC(=O)NCCCCCCCCCCCCCCCCCCCC=O.COC(C)(C)C. The molecule has 0 aromatic heterocycles. The van der Waals surface area contributed by atoms with Crippen LogP contribution in [0.5, 0.6) is 0 Å². The van der Waals surface area contributed by atoms with E-state index in [0.717, 1.165) is 38.5 Å². The van der Waals surface area contributed by atoms with Gasteiger partial charge in [-0.3, -0.25) is 0 Å². The predicted molar refractivity (Wildman–Crippen MR) is 150 cm³/mol. The Morgan fingerprint density at radius 3 is 1.40 bits per heavy atom. The average Bonchev–Trinajstić information content (AvgIpc) is 2.82. The van der Waals surface area contributed by atoms with Crippen LogP contribution in [0.4, 0.5) is 4.79 Å². The minimum absolute atomic E-state index is 0.00512. The van der Waals surface area contributed by atoms with Gasteiger partial charge >= 0.3 is 6.09 Å². The average molecular weight is 500 g/mol. The Hall–Kier alpha value is -1.10. The molecule has 1 N–H and O–H groups in total. The van der Waals surface area contributed by atoms with Crippen LogP contribution in [0.2, 0.25) is 0 Å². The molecule has 0 rings (SSSR count). The first-order chi connectivity index (χ1) is 16.8. The molecule has 0 aromatic rings. The van der Waals surface area contributed by atoms with Crippen molar-refractivity contribution in [1.82, 2.24) is 5.32 Å². The molecular formula is C30H61NO4. The molecule has 5 heteroatoms. The van der Waals surface area contributed by atoms with E-state index >= 15 is 0 Å². The van der Waals surface area contributed by atoms with Gasteiger partial charge in [-0.15, -0.1) is 0 Å². The summed E-state index contributed by atoms with van der Waals surface area (Å²) in [6.45, 7) is 10.7. The lowest BCUT2D eigenvalue weighted by molar-refractivity contribution is -0.107. The van der Waals surface area contributed by atoms with Gasteiger partial charge in [-0.25, -0.2) is 4.79 Å². The van der Waals surface area contributed by atoms with Crippen LogP contribution in [0.3, 0.4) is 0 Å². The molecule has 35 heavy (non-hydrogen) atoms. The zero-order valence-electron chi connectivity index (χ0n) is 24.4. The summed E-state index contributed by atoms with van der Waals surface area (Å²) < 4.78 is 10.1. The lowest BCUT2D eigenvalue weighted by Gasteiger charge is -2.14. The number of ether oxygens (including phenoxy) is 2. The number of nitrogens with one attached hydrogen (secondary N) is 1. The van der Waals surface area contributed by atoms with Gasteiger partial charge in [-0.1, -0.05) is 103 Å². The molecule has 0 fully saturated rings. The highest BCUT2D eigenvalue weighted by molar-refractivity contribution is 5.67. The van der Waals surface area contributed by atoms with Crippen LogP contribution < -0.4 is 5.32 Å². The Kier molecular flexibility index (Phi) is 28.3. The summed E-state index contributed by atoms with van der Waals surface area (Å²) in [6, 6.07) is 0. The van der Waals surface area contributed by atoms with Crippen molar-refractivity contribution in [1.29, 1.82) is 0 Å². The summed E-state index contributed by atoms with van der Waals surface area (Å²) >= 11 is 0. The van der Waals surface area contributed by atoms with Crippen LogP contribution in [-0.2, 0) is 14.3 Å². The number of carbonyl (C=O) groups excluding carboxylic acids is 2.